The smallest absolute Gasteiger partial charge is 0.257 e. The molecule has 98 valence electrons. The minimum atomic E-state index is -0.155. The maximum atomic E-state index is 12.2. The highest BCUT2D eigenvalue weighted by molar-refractivity contribution is 6.05. The SMILES string of the molecule is Cc1cc(NC(=O)c2cccnc2C)c(C)cc1N. The number of nitrogens with zero attached hydrogens (tertiary/aromatic N) is 1. The Morgan fingerprint density at radius 3 is 2.63 bits per heavy atom. The average molecular weight is 255 g/mol. The zero-order valence-corrected chi connectivity index (χ0v) is 11.3. The van der Waals surface area contributed by atoms with Crippen molar-refractivity contribution in [2.75, 3.05) is 11.1 Å². The molecule has 0 aliphatic heterocycles. The molecule has 4 heteroatoms. The van der Waals surface area contributed by atoms with Crippen LogP contribution in [-0.2, 0) is 0 Å². The molecule has 0 radical (unpaired) electrons. The van der Waals surface area contributed by atoms with E-state index in [1.54, 1.807) is 18.3 Å². The minimum Gasteiger partial charge on any atom is -0.399 e. The predicted molar refractivity (Wildman–Crippen MR) is 77.3 cm³/mol. The lowest BCUT2D eigenvalue weighted by Crippen LogP contribution is -2.15. The van der Waals surface area contributed by atoms with Crippen molar-refractivity contribution in [1.82, 2.24) is 4.98 Å². The molecule has 0 unspecified atom stereocenters. The van der Waals surface area contributed by atoms with Crippen molar-refractivity contribution in [3.05, 3.63) is 52.8 Å². The second-order valence-corrected chi connectivity index (χ2v) is 4.61. The van der Waals surface area contributed by atoms with Gasteiger partial charge in [0.15, 0.2) is 0 Å². The zero-order valence-electron chi connectivity index (χ0n) is 11.3. The molecule has 1 heterocycles. The Morgan fingerprint density at radius 2 is 1.95 bits per heavy atom. The highest BCUT2D eigenvalue weighted by atomic mass is 16.1. The molecule has 0 bridgehead atoms. The van der Waals surface area contributed by atoms with Crippen molar-refractivity contribution in [3.8, 4) is 0 Å². The first kappa shape index (κ1) is 13.1. The van der Waals surface area contributed by atoms with Crippen LogP contribution >= 0.6 is 0 Å². The number of benzene rings is 1. The molecule has 4 nitrogen and oxygen atoms in total. The van der Waals surface area contributed by atoms with E-state index < -0.39 is 0 Å². The van der Waals surface area contributed by atoms with Crippen molar-refractivity contribution in [2.45, 2.75) is 20.8 Å². The van der Waals surface area contributed by atoms with Crippen molar-refractivity contribution in [3.63, 3.8) is 0 Å². The number of anilines is 2. The Labute approximate surface area is 112 Å². The van der Waals surface area contributed by atoms with Gasteiger partial charge in [0.25, 0.3) is 5.91 Å². The maximum Gasteiger partial charge on any atom is 0.257 e. The number of rotatable bonds is 2. The van der Waals surface area contributed by atoms with Crippen molar-refractivity contribution >= 4 is 17.3 Å². The molecule has 0 aliphatic carbocycles. The minimum absolute atomic E-state index is 0.155. The van der Waals surface area contributed by atoms with Crippen LogP contribution in [0.5, 0.6) is 0 Å². The molecule has 3 N–H and O–H groups in total. The number of nitrogen functional groups attached to an aromatic ring is 1. The third-order valence-corrected chi connectivity index (χ3v) is 3.11. The van der Waals surface area contributed by atoms with E-state index >= 15 is 0 Å². The van der Waals surface area contributed by atoms with Gasteiger partial charge >= 0.3 is 0 Å². The molecule has 1 amide bonds. The monoisotopic (exact) mass is 255 g/mol. The summed E-state index contributed by atoms with van der Waals surface area (Å²) in [6.45, 7) is 5.65. The molecule has 19 heavy (non-hydrogen) atoms. The van der Waals surface area contributed by atoms with E-state index in [2.05, 4.69) is 10.3 Å². The summed E-state index contributed by atoms with van der Waals surface area (Å²) in [5, 5.41) is 2.90. The van der Waals surface area contributed by atoms with Gasteiger partial charge in [-0.15, -0.1) is 0 Å². The quantitative estimate of drug-likeness (QED) is 0.811. The van der Waals surface area contributed by atoms with Gasteiger partial charge in [-0.05, 0) is 56.2 Å². The van der Waals surface area contributed by atoms with Gasteiger partial charge in [-0.3, -0.25) is 9.78 Å². The molecule has 2 rings (SSSR count). The van der Waals surface area contributed by atoms with E-state index in [9.17, 15) is 4.79 Å². The molecule has 1 aromatic carbocycles. The number of amides is 1. The van der Waals surface area contributed by atoms with E-state index in [-0.39, 0.29) is 5.91 Å². The molecular weight excluding hydrogens is 238 g/mol. The fourth-order valence-electron chi connectivity index (χ4n) is 1.89. The summed E-state index contributed by atoms with van der Waals surface area (Å²) in [5.74, 6) is -0.155. The Hall–Kier alpha value is -2.36. The highest BCUT2D eigenvalue weighted by Gasteiger charge is 2.11. The van der Waals surface area contributed by atoms with Crippen LogP contribution in [0.3, 0.4) is 0 Å². The Bertz CT molecular complexity index is 635. The van der Waals surface area contributed by atoms with E-state index in [4.69, 9.17) is 5.73 Å². The van der Waals surface area contributed by atoms with Crippen LogP contribution in [0.4, 0.5) is 11.4 Å². The van der Waals surface area contributed by atoms with Gasteiger partial charge in [0.05, 0.1) is 5.56 Å². The Balaban J connectivity index is 2.30. The first-order valence-electron chi connectivity index (χ1n) is 6.08. The van der Waals surface area contributed by atoms with Crippen LogP contribution in [0, 0.1) is 20.8 Å². The largest absolute Gasteiger partial charge is 0.399 e. The van der Waals surface area contributed by atoms with Gasteiger partial charge < -0.3 is 11.1 Å². The topological polar surface area (TPSA) is 68.0 Å². The summed E-state index contributed by atoms with van der Waals surface area (Å²) in [5.41, 5.74) is 10.5. The molecule has 2 aromatic rings. The van der Waals surface area contributed by atoms with Crippen LogP contribution in [0.2, 0.25) is 0 Å². The van der Waals surface area contributed by atoms with Crippen molar-refractivity contribution in [2.24, 2.45) is 0 Å². The lowest BCUT2D eigenvalue weighted by Gasteiger charge is -2.12. The number of aryl methyl sites for hydroxylation is 3. The van der Waals surface area contributed by atoms with Gasteiger partial charge in [0, 0.05) is 23.3 Å². The molecule has 1 aromatic heterocycles. The first-order chi connectivity index (χ1) is 8.99. The summed E-state index contributed by atoms with van der Waals surface area (Å²) in [7, 11) is 0. The summed E-state index contributed by atoms with van der Waals surface area (Å²) in [6.07, 6.45) is 1.67. The highest BCUT2D eigenvalue weighted by Crippen LogP contribution is 2.22. The summed E-state index contributed by atoms with van der Waals surface area (Å²) >= 11 is 0. The zero-order chi connectivity index (χ0) is 14.0. The second-order valence-electron chi connectivity index (χ2n) is 4.61. The fourth-order valence-corrected chi connectivity index (χ4v) is 1.89. The van der Waals surface area contributed by atoms with E-state index in [1.807, 2.05) is 32.9 Å². The Morgan fingerprint density at radius 1 is 1.21 bits per heavy atom. The van der Waals surface area contributed by atoms with E-state index in [0.717, 1.165) is 22.5 Å². The lowest BCUT2D eigenvalue weighted by molar-refractivity contribution is 0.102. The fraction of sp³-hybridized carbons (Fsp3) is 0.200. The van der Waals surface area contributed by atoms with Gasteiger partial charge in [-0.2, -0.15) is 0 Å². The summed E-state index contributed by atoms with van der Waals surface area (Å²) in [4.78, 5) is 16.3. The summed E-state index contributed by atoms with van der Waals surface area (Å²) in [6, 6.07) is 7.26. The van der Waals surface area contributed by atoms with Crippen LogP contribution in [0.15, 0.2) is 30.5 Å². The number of carbonyl (C=O) groups excluding carboxylic acids is 1. The summed E-state index contributed by atoms with van der Waals surface area (Å²) < 4.78 is 0. The lowest BCUT2D eigenvalue weighted by atomic mass is 10.1. The van der Waals surface area contributed by atoms with Crippen LogP contribution in [0.25, 0.3) is 0 Å². The van der Waals surface area contributed by atoms with Crippen molar-refractivity contribution in [1.29, 1.82) is 0 Å². The third kappa shape index (κ3) is 2.73. The van der Waals surface area contributed by atoms with Crippen LogP contribution in [0.1, 0.15) is 27.2 Å². The first-order valence-corrected chi connectivity index (χ1v) is 6.08. The van der Waals surface area contributed by atoms with E-state index in [0.29, 0.717) is 11.3 Å². The third-order valence-electron chi connectivity index (χ3n) is 3.11. The molecule has 0 aliphatic rings. The average Bonchev–Trinajstić information content (AvgIpc) is 2.36. The second kappa shape index (κ2) is 5.10. The maximum absolute atomic E-state index is 12.2. The van der Waals surface area contributed by atoms with Crippen molar-refractivity contribution < 1.29 is 4.79 Å². The molecule has 0 atom stereocenters. The molecular formula is C15H17N3O. The number of hydrogen-bond donors (Lipinski definition) is 2. The number of carbonyl (C=O) groups is 1. The van der Waals surface area contributed by atoms with Gasteiger partial charge in [-0.1, -0.05) is 0 Å². The van der Waals surface area contributed by atoms with Gasteiger partial charge in [-0.25, -0.2) is 0 Å². The molecule has 0 saturated heterocycles. The number of hydrogen-bond acceptors (Lipinski definition) is 3. The Kier molecular flexibility index (Phi) is 3.51. The standard InChI is InChI=1S/C15H17N3O/c1-9-8-14(10(2)7-13(9)16)18-15(19)12-5-4-6-17-11(12)3/h4-8H,16H2,1-3H3,(H,18,19). The van der Waals surface area contributed by atoms with Gasteiger partial charge in [0.1, 0.15) is 0 Å². The van der Waals surface area contributed by atoms with Crippen LogP contribution in [-0.4, -0.2) is 10.9 Å². The number of pyridine rings is 1. The number of aromatic nitrogens is 1. The number of nitrogens with one attached hydrogen (secondary N) is 1. The number of nitrogens with two attached hydrogens (primary N) is 1. The molecule has 0 fully saturated rings. The normalized spacial score (nSPS) is 10.3. The molecule has 0 spiro atoms. The molecule has 0 saturated carbocycles. The van der Waals surface area contributed by atoms with E-state index in [1.165, 1.54) is 0 Å². The van der Waals surface area contributed by atoms with Gasteiger partial charge in [0.2, 0.25) is 0 Å². The van der Waals surface area contributed by atoms with Crippen LogP contribution < -0.4 is 11.1 Å². The predicted octanol–water partition coefficient (Wildman–Crippen LogP) is 2.84.